The number of benzene rings is 2. The van der Waals surface area contributed by atoms with Gasteiger partial charge in [0.1, 0.15) is 11.6 Å². The molecule has 2 heterocycles. The summed E-state index contributed by atoms with van der Waals surface area (Å²) in [7, 11) is -2.43. The predicted octanol–water partition coefficient (Wildman–Crippen LogP) is 5.96. The van der Waals surface area contributed by atoms with E-state index in [2.05, 4.69) is 46.6 Å². The third-order valence-corrected chi connectivity index (χ3v) is 10.2. The third-order valence-electron chi connectivity index (χ3n) is 7.34. The van der Waals surface area contributed by atoms with Crippen LogP contribution in [-0.4, -0.2) is 51.1 Å². The molecule has 5 rings (SSSR count). The Labute approximate surface area is 223 Å². The highest BCUT2D eigenvalue weighted by molar-refractivity contribution is 8.24. The van der Waals surface area contributed by atoms with Gasteiger partial charge in [0.15, 0.2) is 0 Å². The van der Waals surface area contributed by atoms with Crippen molar-refractivity contribution in [2.24, 2.45) is 5.92 Å². The molecular formula is C28H32N4O3S2. The zero-order valence-corrected chi connectivity index (χ0v) is 22.3. The Morgan fingerprint density at radius 3 is 2.46 bits per heavy atom. The summed E-state index contributed by atoms with van der Waals surface area (Å²) in [4.78, 5) is 21.4. The number of nitrogens with zero attached hydrogens (tertiary/aromatic N) is 3. The third kappa shape index (κ3) is 5.83. The highest BCUT2D eigenvalue weighted by Crippen LogP contribution is 2.46. The van der Waals surface area contributed by atoms with E-state index in [4.69, 9.17) is 10.2 Å². The van der Waals surface area contributed by atoms with E-state index < -0.39 is 10.6 Å². The largest absolute Gasteiger partial charge is 0.368 e. The first-order valence-electron chi connectivity index (χ1n) is 12.7. The Bertz CT molecular complexity index is 1260. The highest BCUT2D eigenvalue weighted by atomic mass is 32.3. The van der Waals surface area contributed by atoms with Crippen LogP contribution in [0, 0.1) is 17.2 Å². The number of nitrogens with one attached hydrogen (secondary N) is 1. The molecule has 2 aliphatic rings. The summed E-state index contributed by atoms with van der Waals surface area (Å²) < 4.78 is 19.9. The molecule has 194 valence electrons. The number of hydrogen-bond acceptors (Lipinski definition) is 7. The van der Waals surface area contributed by atoms with Crippen molar-refractivity contribution in [3.8, 4) is 27.1 Å². The zero-order valence-electron chi connectivity index (χ0n) is 20.7. The molecule has 1 saturated heterocycles. The Balaban J connectivity index is 1.49. The lowest BCUT2D eigenvalue weighted by Crippen LogP contribution is -2.38. The zero-order chi connectivity index (χ0) is 25.8. The van der Waals surface area contributed by atoms with E-state index in [0.717, 1.165) is 58.1 Å². The molecule has 2 fully saturated rings. The van der Waals surface area contributed by atoms with Gasteiger partial charge in [-0.3, -0.25) is 13.9 Å². The number of nitriles is 1. The Kier molecular flexibility index (Phi) is 7.81. The smallest absolute Gasteiger partial charge is 0.224 e. The van der Waals surface area contributed by atoms with E-state index in [-0.39, 0.29) is 24.3 Å². The maximum atomic E-state index is 13.0. The molecule has 1 amide bonds. The van der Waals surface area contributed by atoms with Crippen LogP contribution in [0.5, 0.6) is 0 Å². The summed E-state index contributed by atoms with van der Waals surface area (Å²) in [5, 5.41) is 12.7. The van der Waals surface area contributed by atoms with Gasteiger partial charge in [-0.15, -0.1) is 11.3 Å². The monoisotopic (exact) mass is 536 g/mol. The van der Waals surface area contributed by atoms with Crippen LogP contribution in [0.2, 0.25) is 0 Å². The van der Waals surface area contributed by atoms with Crippen molar-refractivity contribution in [3.05, 3.63) is 60.3 Å². The Hall–Kier alpha value is -2.90. The maximum Gasteiger partial charge on any atom is 0.224 e. The van der Waals surface area contributed by atoms with Crippen LogP contribution < -0.4 is 10.2 Å². The lowest BCUT2D eigenvalue weighted by molar-refractivity contribution is -0.126. The first kappa shape index (κ1) is 25.7. The maximum absolute atomic E-state index is 13.0. The molecule has 0 bridgehead atoms. The van der Waals surface area contributed by atoms with Crippen LogP contribution in [0.1, 0.15) is 37.3 Å². The number of hydrogen-bond donors (Lipinski definition) is 3. The molecule has 2 aromatic carbocycles. The SMILES string of the molecule is N#CCNC(=O)C1CCCCC1c1nc(-c2ccccc2)sc1-c1ccc(N2CCS(O)(O)CC2)cc1. The van der Waals surface area contributed by atoms with Crippen molar-refractivity contribution >= 4 is 33.5 Å². The molecule has 0 radical (unpaired) electrons. The van der Waals surface area contributed by atoms with Gasteiger partial charge < -0.3 is 10.2 Å². The van der Waals surface area contributed by atoms with Crippen molar-refractivity contribution in [2.75, 3.05) is 36.0 Å². The lowest BCUT2D eigenvalue weighted by Gasteiger charge is -2.41. The van der Waals surface area contributed by atoms with Gasteiger partial charge in [0, 0.05) is 36.2 Å². The van der Waals surface area contributed by atoms with E-state index in [9.17, 15) is 13.9 Å². The Morgan fingerprint density at radius 2 is 1.76 bits per heavy atom. The molecule has 2 unspecified atom stereocenters. The topological polar surface area (TPSA) is 109 Å². The lowest BCUT2D eigenvalue weighted by atomic mass is 9.76. The second kappa shape index (κ2) is 11.2. The van der Waals surface area contributed by atoms with Gasteiger partial charge in [-0.2, -0.15) is 15.9 Å². The van der Waals surface area contributed by atoms with Crippen LogP contribution in [-0.2, 0) is 4.79 Å². The molecule has 2 atom stereocenters. The summed E-state index contributed by atoms with van der Waals surface area (Å²) in [5.74, 6) is 0.566. The first-order chi connectivity index (χ1) is 17.9. The van der Waals surface area contributed by atoms with Crippen molar-refractivity contribution in [2.45, 2.75) is 31.6 Å². The van der Waals surface area contributed by atoms with Gasteiger partial charge in [-0.1, -0.05) is 55.3 Å². The van der Waals surface area contributed by atoms with Gasteiger partial charge in [-0.05, 0) is 30.5 Å². The summed E-state index contributed by atoms with van der Waals surface area (Å²) in [6.07, 6.45) is 3.75. The van der Waals surface area contributed by atoms with E-state index in [0.29, 0.717) is 24.6 Å². The fourth-order valence-electron chi connectivity index (χ4n) is 5.33. The van der Waals surface area contributed by atoms with Gasteiger partial charge in [0.25, 0.3) is 0 Å². The van der Waals surface area contributed by atoms with Gasteiger partial charge >= 0.3 is 0 Å². The van der Waals surface area contributed by atoms with Crippen LogP contribution in [0.15, 0.2) is 54.6 Å². The number of carbonyl (C=O) groups is 1. The molecule has 1 aromatic heterocycles. The van der Waals surface area contributed by atoms with E-state index in [1.165, 1.54) is 0 Å². The molecule has 1 aliphatic carbocycles. The molecule has 9 heteroatoms. The number of carbonyl (C=O) groups excluding carboxylic acids is 1. The average Bonchev–Trinajstić information content (AvgIpc) is 3.38. The van der Waals surface area contributed by atoms with Gasteiger partial charge in [-0.25, -0.2) is 4.98 Å². The molecule has 1 aliphatic heterocycles. The van der Waals surface area contributed by atoms with Crippen LogP contribution in [0.3, 0.4) is 0 Å². The summed E-state index contributed by atoms with van der Waals surface area (Å²) in [6.45, 7) is 1.29. The quantitative estimate of drug-likeness (QED) is 0.335. The van der Waals surface area contributed by atoms with E-state index in [1.54, 1.807) is 11.3 Å². The number of thiazole rings is 1. The molecule has 0 spiro atoms. The molecule has 3 aromatic rings. The molecule has 3 N–H and O–H groups in total. The van der Waals surface area contributed by atoms with Crippen LogP contribution in [0.4, 0.5) is 5.69 Å². The predicted molar refractivity (Wildman–Crippen MR) is 151 cm³/mol. The van der Waals surface area contributed by atoms with Crippen molar-refractivity contribution in [1.82, 2.24) is 10.3 Å². The summed E-state index contributed by atoms with van der Waals surface area (Å²) in [5.41, 5.74) is 4.17. The Morgan fingerprint density at radius 1 is 1.05 bits per heavy atom. The number of anilines is 1. The minimum Gasteiger partial charge on any atom is -0.368 e. The highest BCUT2D eigenvalue weighted by Gasteiger charge is 2.35. The fraction of sp³-hybridized carbons (Fsp3) is 0.393. The second-order valence-corrected chi connectivity index (χ2v) is 13.1. The number of aromatic nitrogens is 1. The summed E-state index contributed by atoms with van der Waals surface area (Å²) in [6, 6.07) is 20.6. The van der Waals surface area contributed by atoms with Crippen molar-refractivity contribution < 1.29 is 13.9 Å². The minimum atomic E-state index is -2.43. The molecule has 1 saturated carbocycles. The second-order valence-electron chi connectivity index (χ2n) is 9.72. The van der Waals surface area contributed by atoms with Crippen molar-refractivity contribution in [1.29, 1.82) is 5.26 Å². The first-order valence-corrected chi connectivity index (χ1v) is 15.4. The van der Waals surface area contributed by atoms with Crippen molar-refractivity contribution in [3.63, 3.8) is 0 Å². The van der Waals surface area contributed by atoms with Crippen LogP contribution in [0.25, 0.3) is 21.0 Å². The number of amides is 1. The van der Waals surface area contributed by atoms with Gasteiger partial charge in [0.2, 0.25) is 5.91 Å². The normalized spacial score (nSPS) is 22.1. The average molecular weight is 537 g/mol. The van der Waals surface area contributed by atoms with E-state index in [1.807, 2.05) is 24.3 Å². The van der Waals surface area contributed by atoms with E-state index >= 15 is 0 Å². The van der Waals surface area contributed by atoms with Gasteiger partial charge in [0.05, 0.1) is 28.1 Å². The minimum absolute atomic E-state index is 0.00290. The number of rotatable bonds is 6. The summed E-state index contributed by atoms with van der Waals surface area (Å²) >= 11 is 1.66. The molecule has 7 nitrogen and oxygen atoms in total. The molecule has 37 heavy (non-hydrogen) atoms. The standard InChI is InChI=1S/C28H32N4O3S2/c29-14-15-30-27(33)24-9-5-4-8-23(24)25-26(36-28(31-25)21-6-2-1-3-7-21)20-10-12-22(13-11-20)32-16-18-37(34,35)19-17-32/h1-3,6-7,10-13,23-24,34-35H,4-5,8-9,15-19H2,(H,30,33). The molecular weight excluding hydrogens is 504 g/mol. The fourth-order valence-corrected chi connectivity index (χ4v) is 7.71. The van der Waals surface area contributed by atoms with Crippen LogP contribution >= 0.6 is 21.9 Å².